The van der Waals surface area contributed by atoms with Crippen LogP contribution in [0.15, 0.2) is 67.0 Å². The minimum Gasteiger partial charge on any atom is -0.496 e. The van der Waals surface area contributed by atoms with E-state index in [0.717, 1.165) is 24.3 Å². The number of hydrogen-bond donors (Lipinski definition) is 3. The zero-order valence-corrected chi connectivity index (χ0v) is 25.3. The molecule has 0 unspecified atom stereocenters. The first kappa shape index (κ1) is 33.4. The molecule has 0 aliphatic carbocycles. The molecule has 0 bridgehead atoms. The summed E-state index contributed by atoms with van der Waals surface area (Å²) in [5, 5.41) is 19.3. The van der Waals surface area contributed by atoms with Crippen LogP contribution in [0, 0.1) is 5.82 Å². The fourth-order valence-corrected chi connectivity index (χ4v) is 5.63. The van der Waals surface area contributed by atoms with Crippen molar-refractivity contribution in [2.75, 3.05) is 17.7 Å². The number of rotatable bonds is 7. The van der Waals surface area contributed by atoms with Gasteiger partial charge >= 0.3 is 12.4 Å². The van der Waals surface area contributed by atoms with Gasteiger partial charge in [0, 0.05) is 27.5 Å². The van der Waals surface area contributed by atoms with Crippen molar-refractivity contribution in [2.45, 2.75) is 31.8 Å². The predicted octanol–water partition coefficient (Wildman–Crippen LogP) is 8.00. The average molecular weight is 681 g/mol. The lowest BCUT2D eigenvalue weighted by Gasteiger charge is -2.14. The highest BCUT2D eigenvalue weighted by Gasteiger charge is 2.35. The van der Waals surface area contributed by atoms with Gasteiger partial charge in [-0.15, -0.1) is 11.3 Å². The van der Waals surface area contributed by atoms with Gasteiger partial charge in [-0.25, -0.2) is 9.07 Å². The highest BCUT2D eigenvalue weighted by molar-refractivity contribution is 7.21. The minimum atomic E-state index is -5.07. The first-order valence-corrected chi connectivity index (χ1v) is 14.3. The number of aliphatic hydroxyl groups is 1. The number of aromatic nitrogens is 2. The second-order valence-corrected chi connectivity index (χ2v) is 11.8. The van der Waals surface area contributed by atoms with Crippen molar-refractivity contribution in [1.82, 2.24) is 9.78 Å². The van der Waals surface area contributed by atoms with Crippen molar-refractivity contribution in [2.24, 2.45) is 0 Å². The van der Waals surface area contributed by atoms with Crippen molar-refractivity contribution in [3.63, 3.8) is 0 Å². The van der Waals surface area contributed by atoms with Gasteiger partial charge < -0.3 is 20.5 Å². The Labute approximate surface area is 265 Å². The normalized spacial score (nSPS) is 12.3. The number of halogens is 7. The van der Waals surface area contributed by atoms with Gasteiger partial charge in [0.2, 0.25) is 0 Å². The molecule has 8 nitrogen and oxygen atoms in total. The molecule has 5 rings (SSSR count). The molecule has 246 valence electrons. The maximum atomic E-state index is 13.8. The van der Waals surface area contributed by atoms with Crippen LogP contribution in [0.2, 0.25) is 0 Å². The molecule has 2 amide bonds. The number of thiophene rings is 1. The lowest BCUT2D eigenvalue weighted by atomic mass is 10.0. The van der Waals surface area contributed by atoms with Crippen molar-refractivity contribution >= 4 is 44.6 Å². The lowest BCUT2D eigenvalue weighted by molar-refractivity contribution is -0.140. The smallest absolute Gasteiger partial charge is 0.419 e. The van der Waals surface area contributed by atoms with E-state index in [4.69, 9.17) is 4.74 Å². The zero-order chi connectivity index (χ0) is 34.5. The third-order valence-electron chi connectivity index (χ3n) is 6.97. The standard InChI is InChI=1S/C31H23F7N4O4S/c1-29(2,45)16-13-39-42(14-16)18-6-9-23(46-3)20(12-18)27(43)41-25-19-7-4-15(30(33,34)35)10-24(19)47-26(25)28(44)40-17-5-8-22(32)21(11-17)31(36,37)38/h4-14,45H,1-3H3,(H,40,44)(H,41,43). The second-order valence-electron chi connectivity index (χ2n) is 10.7. The molecule has 47 heavy (non-hydrogen) atoms. The summed E-state index contributed by atoms with van der Waals surface area (Å²) in [5.41, 5.74) is -3.80. The number of nitrogens with one attached hydrogen (secondary N) is 2. The first-order valence-electron chi connectivity index (χ1n) is 13.5. The van der Waals surface area contributed by atoms with Gasteiger partial charge in [-0.3, -0.25) is 9.59 Å². The molecule has 0 aliphatic heterocycles. The molecule has 0 saturated heterocycles. The van der Waals surface area contributed by atoms with Crippen molar-refractivity contribution in [1.29, 1.82) is 0 Å². The second kappa shape index (κ2) is 12.0. The molecule has 0 spiro atoms. The van der Waals surface area contributed by atoms with E-state index in [1.165, 1.54) is 36.3 Å². The van der Waals surface area contributed by atoms with E-state index in [1.807, 2.05) is 0 Å². The van der Waals surface area contributed by atoms with Crippen molar-refractivity contribution in [3.8, 4) is 11.4 Å². The van der Waals surface area contributed by atoms with E-state index in [1.54, 1.807) is 19.9 Å². The molecule has 0 atom stereocenters. The molecule has 3 N–H and O–H groups in total. The highest BCUT2D eigenvalue weighted by Crippen LogP contribution is 2.41. The highest BCUT2D eigenvalue weighted by atomic mass is 32.1. The Kier molecular flexibility index (Phi) is 8.53. The van der Waals surface area contributed by atoms with Gasteiger partial charge in [0.05, 0.1) is 47.0 Å². The third kappa shape index (κ3) is 6.92. The zero-order valence-electron chi connectivity index (χ0n) is 24.5. The van der Waals surface area contributed by atoms with E-state index in [9.17, 15) is 45.4 Å². The Hall–Kier alpha value is -4.96. The molecular weight excluding hydrogens is 657 g/mol. The van der Waals surface area contributed by atoms with E-state index in [0.29, 0.717) is 34.7 Å². The summed E-state index contributed by atoms with van der Waals surface area (Å²) in [6, 6.07) is 8.75. The van der Waals surface area contributed by atoms with Gasteiger partial charge in [0.25, 0.3) is 11.8 Å². The number of carbonyl (C=O) groups is 2. The summed E-state index contributed by atoms with van der Waals surface area (Å²) in [6.07, 6.45) is -6.84. The van der Waals surface area contributed by atoms with Crippen LogP contribution in [0.4, 0.5) is 42.1 Å². The summed E-state index contributed by atoms with van der Waals surface area (Å²) in [6.45, 7) is 3.12. The molecule has 0 fully saturated rings. The molecule has 2 heterocycles. The van der Waals surface area contributed by atoms with E-state index in [2.05, 4.69) is 15.7 Å². The van der Waals surface area contributed by atoms with Gasteiger partial charge in [0.15, 0.2) is 0 Å². The van der Waals surface area contributed by atoms with Crippen molar-refractivity contribution in [3.05, 3.63) is 99.9 Å². The molecule has 0 saturated carbocycles. The number of anilines is 2. The molecule has 0 radical (unpaired) electrons. The fraction of sp³-hybridized carbons (Fsp3) is 0.194. The van der Waals surface area contributed by atoms with Gasteiger partial charge in [-0.1, -0.05) is 6.07 Å². The molecule has 5 aromatic rings. The number of amides is 2. The Morgan fingerprint density at radius 2 is 1.62 bits per heavy atom. The number of benzene rings is 3. The quantitative estimate of drug-likeness (QED) is 0.151. The summed E-state index contributed by atoms with van der Waals surface area (Å²) in [4.78, 5) is 26.7. The maximum Gasteiger partial charge on any atom is 0.419 e. The number of carbonyl (C=O) groups excluding carboxylic acids is 2. The van der Waals surface area contributed by atoms with Gasteiger partial charge in [-0.05, 0) is 62.4 Å². The number of nitrogens with zero attached hydrogens (tertiary/aromatic N) is 2. The van der Waals surface area contributed by atoms with E-state index >= 15 is 0 Å². The number of hydrogen-bond acceptors (Lipinski definition) is 6. The van der Waals surface area contributed by atoms with Crippen LogP contribution in [0.3, 0.4) is 0 Å². The molecular formula is C31H23F7N4O4S. The van der Waals surface area contributed by atoms with Crippen LogP contribution < -0.4 is 15.4 Å². The predicted molar refractivity (Wildman–Crippen MR) is 159 cm³/mol. The SMILES string of the molecule is COc1ccc(-n2cc(C(C)(C)O)cn2)cc1C(=O)Nc1c(C(=O)Nc2ccc(F)c(C(F)(F)F)c2)sc2cc(C(F)(F)F)ccc12. The van der Waals surface area contributed by atoms with Gasteiger partial charge in [0.1, 0.15) is 16.4 Å². The Bertz CT molecular complexity index is 2010. The Balaban J connectivity index is 1.56. The third-order valence-corrected chi connectivity index (χ3v) is 8.12. The van der Waals surface area contributed by atoms with Crippen LogP contribution in [-0.4, -0.2) is 33.8 Å². The molecule has 16 heteroatoms. The van der Waals surface area contributed by atoms with Crippen LogP contribution in [0.5, 0.6) is 5.75 Å². The van der Waals surface area contributed by atoms with Crippen LogP contribution in [0.1, 0.15) is 50.6 Å². The Morgan fingerprint density at radius 1 is 0.894 bits per heavy atom. The summed E-state index contributed by atoms with van der Waals surface area (Å²) >= 11 is 0.554. The van der Waals surface area contributed by atoms with Gasteiger partial charge in [-0.2, -0.15) is 31.4 Å². The van der Waals surface area contributed by atoms with Crippen molar-refractivity contribution < 1.29 is 50.2 Å². The summed E-state index contributed by atoms with van der Waals surface area (Å²) in [7, 11) is 1.29. The number of methoxy groups -OCH3 is 1. The molecule has 0 aliphatic rings. The van der Waals surface area contributed by atoms with Crippen LogP contribution in [-0.2, 0) is 18.0 Å². The summed E-state index contributed by atoms with van der Waals surface area (Å²) in [5.74, 6) is -3.43. The lowest BCUT2D eigenvalue weighted by Crippen LogP contribution is -2.18. The monoisotopic (exact) mass is 680 g/mol. The first-order chi connectivity index (χ1) is 21.9. The van der Waals surface area contributed by atoms with Crippen LogP contribution >= 0.6 is 11.3 Å². The number of ether oxygens (including phenoxy) is 1. The van der Waals surface area contributed by atoms with Crippen LogP contribution in [0.25, 0.3) is 15.8 Å². The largest absolute Gasteiger partial charge is 0.496 e. The Morgan fingerprint density at radius 3 is 2.23 bits per heavy atom. The van der Waals surface area contributed by atoms with E-state index < -0.39 is 52.4 Å². The topological polar surface area (TPSA) is 105 Å². The minimum absolute atomic E-state index is 0.0357. The molecule has 2 aromatic heterocycles. The number of fused-ring (bicyclic) bond motifs is 1. The molecule has 3 aromatic carbocycles. The number of alkyl halides is 6. The fourth-order valence-electron chi connectivity index (χ4n) is 4.54. The van der Waals surface area contributed by atoms with E-state index in [-0.39, 0.29) is 32.0 Å². The average Bonchev–Trinajstić information content (AvgIpc) is 3.63. The summed E-state index contributed by atoms with van der Waals surface area (Å²) < 4.78 is 101. The maximum absolute atomic E-state index is 13.8.